The van der Waals surface area contributed by atoms with E-state index in [0.717, 1.165) is 25.0 Å². The van der Waals surface area contributed by atoms with Crippen molar-refractivity contribution in [3.8, 4) is 5.75 Å². The lowest BCUT2D eigenvalue weighted by Crippen LogP contribution is -2.28. The lowest BCUT2D eigenvalue weighted by molar-refractivity contribution is 0.277. The molecule has 4 N–H and O–H groups in total. The maximum absolute atomic E-state index is 6.00. The van der Waals surface area contributed by atoms with Gasteiger partial charge < -0.3 is 16.2 Å². The summed E-state index contributed by atoms with van der Waals surface area (Å²) < 4.78 is 5.90. The first-order chi connectivity index (χ1) is 8.81. The summed E-state index contributed by atoms with van der Waals surface area (Å²) in [5, 5.41) is 0. The van der Waals surface area contributed by atoms with E-state index in [9.17, 15) is 0 Å². The number of nitrogens with two attached hydrogens (primary N) is 2. The molecule has 3 nitrogen and oxygen atoms in total. The van der Waals surface area contributed by atoms with Gasteiger partial charge in [-0.25, -0.2) is 0 Å². The quantitative estimate of drug-likeness (QED) is 0.809. The van der Waals surface area contributed by atoms with Gasteiger partial charge in [-0.1, -0.05) is 12.1 Å². The summed E-state index contributed by atoms with van der Waals surface area (Å²) >= 11 is 0. The zero-order valence-electron chi connectivity index (χ0n) is 11.0. The Hall–Kier alpha value is -1.06. The summed E-state index contributed by atoms with van der Waals surface area (Å²) in [5.74, 6) is 1.04. The van der Waals surface area contributed by atoms with Crippen LogP contribution in [0.1, 0.15) is 36.8 Å². The minimum absolute atomic E-state index is 0.0907. The van der Waals surface area contributed by atoms with Crippen molar-refractivity contribution in [1.29, 1.82) is 0 Å². The lowest BCUT2D eigenvalue weighted by atomic mass is 9.91. The Morgan fingerprint density at radius 3 is 2.89 bits per heavy atom. The highest BCUT2D eigenvalue weighted by molar-refractivity contribution is 5.41. The minimum Gasteiger partial charge on any atom is -0.492 e. The second-order valence-electron chi connectivity index (χ2n) is 5.10. The Balaban J connectivity index is 1.93. The molecule has 0 aliphatic heterocycles. The summed E-state index contributed by atoms with van der Waals surface area (Å²) in [7, 11) is 0. The molecular weight excluding hydrogens is 224 g/mol. The van der Waals surface area contributed by atoms with E-state index in [2.05, 4.69) is 18.2 Å². The van der Waals surface area contributed by atoms with Crippen molar-refractivity contribution in [2.45, 2.75) is 44.6 Å². The third kappa shape index (κ3) is 3.47. The molecule has 0 spiro atoms. The summed E-state index contributed by atoms with van der Waals surface area (Å²) in [6, 6.07) is 6.47. The predicted octanol–water partition coefficient (Wildman–Crippen LogP) is 2.01. The number of benzene rings is 1. The van der Waals surface area contributed by atoms with E-state index in [-0.39, 0.29) is 6.04 Å². The second-order valence-corrected chi connectivity index (χ2v) is 5.10. The average molecular weight is 248 g/mol. The zero-order chi connectivity index (χ0) is 12.8. The Morgan fingerprint density at radius 1 is 1.22 bits per heavy atom. The number of fused-ring (bicyclic) bond motifs is 1. The average Bonchev–Trinajstić information content (AvgIpc) is 2.42. The van der Waals surface area contributed by atoms with Crippen LogP contribution >= 0.6 is 0 Å². The fourth-order valence-corrected chi connectivity index (χ4v) is 2.54. The molecule has 1 aliphatic carbocycles. The van der Waals surface area contributed by atoms with Crippen LogP contribution in [-0.2, 0) is 12.8 Å². The normalized spacial score (nSPS) is 16.1. The highest BCUT2D eigenvalue weighted by atomic mass is 16.5. The van der Waals surface area contributed by atoms with Crippen LogP contribution in [0.5, 0.6) is 5.75 Å². The molecule has 0 bridgehead atoms. The largest absolute Gasteiger partial charge is 0.492 e. The lowest BCUT2D eigenvalue weighted by Gasteiger charge is -2.20. The molecule has 100 valence electrons. The third-order valence-corrected chi connectivity index (χ3v) is 3.58. The Morgan fingerprint density at radius 2 is 2.06 bits per heavy atom. The molecule has 0 heterocycles. The molecule has 0 saturated heterocycles. The summed E-state index contributed by atoms with van der Waals surface area (Å²) in [5.41, 5.74) is 14.3. The molecule has 0 saturated carbocycles. The molecule has 2 rings (SSSR count). The number of ether oxygens (including phenoxy) is 1. The van der Waals surface area contributed by atoms with E-state index in [1.165, 1.54) is 30.4 Å². The van der Waals surface area contributed by atoms with E-state index in [1.807, 2.05) is 0 Å². The maximum atomic E-state index is 6.00. The van der Waals surface area contributed by atoms with Gasteiger partial charge in [0, 0.05) is 6.04 Å². The number of rotatable bonds is 6. The maximum Gasteiger partial charge on any atom is 0.122 e. The van der Waals surface area contributed by atoms with E-state index in [4.69, 9.17) is 16.2 Å². The van der Waals surface area contributed by atoms with Gasteiger partial charge in [-0.05, 0) is 62.3 Å². The fourth-order valence-electron chi connectivity index (χ4n) is 2.54. The summed E-state index contributed by atoms with van der Waals surface area (Å²) in [4.78, 5) is 0. The molecule has 18 heavy (non-hydrogen) atoms. The van der Waals surface area contributed by atoms with Gasteiger partial charge in [-0.2, -0.15) is 0 Å². The van der Waals surface area contributed by atoms with Gasteiger partial charge in [0.05, 0.1) is 0 Å². The van der Waals surface area contributed by atoms with Crippen molar-refractivity contribution in [1.82, 2.24) is 0 Å². The van der Waals surface area contributed by atoms with Gasteiger partial charge in [0.2, 0.25) is 0 Å². The van der Waals surface area contributed by atoms with Crippen molar-refractivity contribution in [2.24, 2.45) is 11.5 Å². The highest BCUT2D eigenvalue weighted by Gasteiger charge is 2.14. The monoisotopic (exact) mass is 248 g/mol. The Labute approximate surface area is 110 Å². The molecule has 0 fully saturated rings. The van der Waals surface area contributed by atoms with Crippen LogP contribution in [-0.4, -0.2) is 19.2 Å². The first-order valence-electron chi connectivity index (χ1n) is 7.00. The van der Waals surface area contributed by atoms with Crippen molar-refractivity contribution < 1.29 is 4.74 Å². The second kappa shape index (κ2) is 6.76. The van der Waals surface area contributed by atoms with Crippen LogP contribution in [0.2, 0.25) is 0 Å². The molecule has 0 amide bonds. The van der Waals surface area contributed by atoms with E-state index in [1.54, 1.807) is 0 Å². The van der Waals surface area contributed by atoms with Crippen LogP contribution in [0.4, 0.5) is 0 Å². The van der Waals surface area contributed by atoms with Gasteiger partial charge in [-0.3, -0.25) is 0 Å². The standard InChI is InChI=1S/C15H24N2O/c16-10-4-7-13(17)11-18-15-9-3-6-12-5-1-2-8-14(12)15/h3,6,9,13H,1-2,4-5,7-8,10-11,16-17H2. The molecule has 1 aliphatic rings. The molecule has 0 radical (unpaired) electrons. The van der Waals surface area contributed by atoms with Gasteiger partial charge in [0.1, 0.15) is 12.4 Å². The van der Waals surface area contributed by atoms with Crippen LogP contribution in [0.25, 0.3) is 0 Å². The fraction of sp³-hybridized carbons (Fsp3) is 0.600. The van der Waals surface area contributed by atoms with E-state index in [0.29, 0.717) is 13.2 Å². The molecule has 0 aromatic heterocycles. The van der Waals surface area contributed by atoms with Crippen LogP contribution in [0.3, 0.4) is 0 Å². The van der Waals surface area contributed by atoms with Crippen molar-refractivity contribution in [2.75, 3.05) is 13.2 Å². The zero-order valence-corrected chi connectivity index (χ0v) is 11.0. The molecule has 1 atom stereocenters. The molecule has 1 unspecified atom stereocenters. The van der Waals surface area contributed by atoms with Crippen LogP contribution in [0, 0.1) is 0 Å². The van der Waals surface area contributed by atoms with E-state index < -0.39 is 0 Å². The molecule has 1 aromatic rings. The Kier molecular flexibility index (Phi) is 5.02. The van der Waals surface area contributed by atoms with Gasteiger partial charge in [0.25, 0.3) is 0 Å². The summed E-state index contributed by atoms with van der Waals surface area (Å²) in [6.45, 7) is 1.30. The summed E-state index contributed by atoms with van der Waals surface area (Å²) in [6.07, 6.45) is 6.80. The first kappa shape index (κ1) is 13.4. The van der Waals surface area contributed by atoms with E-state index >= 15 is 0 Å². The topological polar surface area (TPSA) is 61.3 Å². The van der Waals surface area contributed by atoms with Crippen molar-refractivity contribution in [3.63, 3.8) is 0 Å². The van der Waals surface area contributed by atoms with Crippen molar-refractivity contribution in [3.05, 3.63) is 29.3 Å². The SMILES string of the molecule is NCCCC(N)COc1cccc2c1CCCC2. The molecular formula is C15H24N2O. The van der Waals surface area contributed by atoms with Crippen LogP contribution in [0.15, 0.2) is 18.2 Å². The minimum atomic E-state index is 0.0907. The van der Waals surface area contributed by atoms with Gasteiger partial charge >= 0.3 is 0 Å². The smallest absolute Gasteiger partial charge is 0.122 e. The third-order valence-electron chi connectivity index (χ3n) is 3.58. The molecule has 3 heteroatoms. The predicted molar refractivity (Wildman–Crippen MR) is 74.8 cm³/mol. The molecule has 1 aromatic carbocycles. The highest BCUT2D eigenvalue weighted by Crippen LogP contribution is 2.29. The number of hydrogen-bond donors (Lipinski definition) is 2. The Bertz CT molecular complexity index is 379. The van der Waals surface area contributed by atoms with Gasteiger partial charge in [0.15, 0.2) is 0 Å². The number of aryl methyl sites for hydroxylation is 1. The van der Waals surface area contributed by atoms with Crippen molar-refractivity contribution >= 4 is 0 Å². The van der Waals surface area contributed by atoms with Gasteiger partial charge in [-0.15, -0.1) is 0 Å². The number of hydrogen-bond acceptors (Lipinski definition) is 3. The first-order valence-corrected chi connectivity index (χ1v) is 7.00. The van der Waals surface area contributed by atoms with Crippen LogP contribution < -0.4 is 16.2 Å².